The summed E-state index contributed by atoms with van der Waals surface area (Å²) in [6.45, 7) is 3.39. The number of ether oxygens (including phenoxy) is 1. The number of alkyl halides is 3. The van der Waals surface area contributed by atoms with Crippen molar-refractivity contribution in [1.29, 1.82) is 0 Å². The third-order valence-electron chi connectivity index (χ3n) is 3.38. The Labute approximate surface area is 142 Å². The molecule has 0 aromatic carbocycles. The van der Waals surface area contributed by atoms with Crippen molar-refractivity contribution in [2.24, 2.45) is 5.73 Å². The van der Waals surface area contributed by atoms with E-state index in [9.17, 15) is 18.0 Å². The number of amides is 1. The molecule has 0 bridgehead atoms. The van der Waals surface area contributed by atoms with E-state index in [1.807, 2.05) is 6.07 Å². The van der Waals surface area contributed by atoms with Crippen LogP contribution in [0.25, 0.3) is 0 Å². The van der Waals surface area contributed by atoms with E-state index >= 15 is 0 Å². The number of aromatic nitrogens is 2. The molecule has 3 heterocycles. The van der Waals surface area contributed by atoms with E-state index in [1.165, 1.54) is 0 Å². The average molecular weight is 357 g/mol. The van der Waals surface area contributed by atoms with Gasteiger partial charge in [-0.15, -0.1) is 0 Å². The Bertz CT molecular complexity index is 640. The molecule has 0 saturated carbocycles. The van der Waals surface area contributed by atoms with Crippen molar-refractivity contribution in [3.05, 3.63) is 41.9 Å². The molecule has 3 N–H and O–H groups in total. The Morgan fingerprint density at radius 3 is 2.40 bits per heavy atom. The van der Waals surface area contributed by atoms with Gasteiger partial charge in [0, 0.05) is 38.2 Å². The number of rotatable bonds is 2. The number of halogens is 3. The number of nitrogens with two attached hydrogens (primary N) is 1. The molecular formula is C15H18F3N5O2. The van der Waals surface area contributed by atoms with Crippen molar-refractivity contribution >= 4 is 11.9 Å². The van der Waals surface area contributed by atoms with Gasteiger partial charge in [0.15, 0.2) is 0 Å². The maximum absolute atomic E-state index is 12.2. The molecule has 1 aromatic rings. The third-order valence-corrected chi connectivity index (χ3v) is 3.38. The van der Waals surface area contributed by atoms with Gasteiger partial charge in [0.25, 0.3) is 5.91 Å². The quantitative estimate of drug-likeness (QED) is 0.812. The second kappa shape index (κ2) is 8.47. The van der Waals surface area contributed by atoms with Crippen LogP contribution in [0, 0.1) is 0 Å². The topological polar surface area (TPSA) is 93.4 Å². The summed E-state index contributed by atoms with van der Waals surface area (Å²) in [4.78, 5) is 21.0. The molecule has 10 heteroatoms. The third kappa shape index (κ3) is 5.45. The first-order chi connectivity index (χ1) is 11.9. The molecule has 1 aromatic heterocycles. The number of nitrogens with zero attached hydrogens (tertiary/aromatic N) is 3. The second-order valence-corrected chi connectivity index (χ2v) is 5.09. The minimum Gasteiger partial charge on any atom is -0.387 e. The number of anilines is 1. The van der Waals surface area contributed by atoms with E-state index in [-0.39, 0.29) is 6.54 Å². The Morgan fingerprint density at radius 1 is 1.24 bits per heavy atom. The van der Waals surface area contributed by atoms with Gasteiger partial charge in [-0.25, -0.2) is 9.97 Å². The minimum absolute atomic E-state index is 0.0472. The molecule has 0 unspecified atom stereocenters. The zero-order chi connectivity index (χ0) is 18.3. The van der Waals surface area contributed by atoms with Crippen molar-refractivity contribution in [1.82, 2.24) is 15.3 Å². The molecule has 0 radical (unpaired) electrons. The van der Waals surface area contributed by atoms with Crippen LogP contribution in [-0.4, -0.2) is 54.9 Å². The lowest BCUT2D eigenvalue weighted by Gasteiger charge is -2.26. The van der Waals surface area contributed by atoms with E-state index in [2.05, 4.69) is 20.2 Å². The smallest absolute Gasteiger partial charge is 0.387 e. The summed E-state index contributed by atoms with van der Waals surface area (Å²) >= 11 is 0. The largest absolute Gasteiger partial charge is 0.416 e. The second-order valence-electron chi connectivity index (χ2n) is 5.09. The van der Waals surface area contributed by atoms with Gasteiger partial charge in [0.1, 0.15) is 0 Å². The molecule has 1 amide bonds. The fraction of sp³-hybridized carbons (Fsp3) is 0.400. The highest BCUT2D eigenvalue weighted by molar-refractivity contribution is 5.97. The number of nitrogens with one attached hydrogen (secondary N) is 1. The molecule has 2 aliphatic rings. The molecule has 3 rings (SSSR count). The first kappa shape index (κ1) is 18.7. The number of hydrogen-bond donors (Lipinski definition) is 2. The molecule has 0 aliphatic carbocycles. The van der Waals surface area contributed by atoms with Gasteiger partial charge in [-0.2, -0.15) is 13.2 Å². The molecular weight excluding hydrogens is 339 g/mol. The lowest BCUT2D eigenvalue weighted by molar-refractivity contribution is -0.117. The van der Waals surface area contributed by atoms with Crippen LogP contribution in [-0.2, 0) is 9.53 Å². The van der Waals surface area contributed by atoms with Gasteiger partial charge in [-0.1, -0.05) is 6.08 Å². The van der Waals surface area contributed by atoms with Gasteiger partial charge in [-0.3, -0.25) is 4.79 Å². The summed E-state index contributed by atoms with van der Waals surface area (Å²) in [7, 11) is 0. The normalized spacial score (nSPS) is 17.5. The summed E-state index contributed by atoms with van der Waals surface area (Å²) in [5.74, 6) is -0.281. The van der Waals surface area contributed by atoms with Gasteiger partial charge in [0.2, 0.25) is 5.95 Å². The zero-order valence-electron chi connectivity index (χ0n) is 13.3. The van der Waals surface area contributed by atoms with Crippen molar-refractivity contribution in [3.63, 3.8) is 0 Å². The highest BCUT2D eigenvalue weighted by Crippen LogP contribution is 2.31. The van der Waals surface area contributed by atoms with Crippen LogP contribution in [0.5, 0.6) is 0 Å². The standard InChI is InChI=1S/C8H11N3O.C7H7F3N2O/c1-2-9-8(10-3-1)11-4-6-12-7-5-11;8-7(9,10)5-1-2-12-3-4(5)6(11)13/h1-3H,4-7H2;1,3,12H,2H2,(H2,11,13). The molecule has 0 spiro atoms. The van der Waals surface area contributed by atoms with Crippen molar-refractivity contribution < 1.29 is 22.7 Å². The van der Waals surface area contributed by atoms with E-state index < -0.39 is 23.2 Å². The van der Waals surface area contributed by atoms with Crippen LogP contribution < -0.4 is 16.0 Å². The van der Waals surface area contributed by atoms with E-state index in [0.717, 1.165) is 44.5 Å². The summed E-state index contributed by atoms with van der Waals surface area (Å²) in [5.41, 5.74) is 3.26. The molecule has 25 heavy (non-hydrogen) atoms. The van der Waals surface area contributed by atoms with Crippen LogP contribution in [0.4, 0.5) is 19.1 Å². The molecule has 1 saturated heterocycles. The van der Waals surface area contributed by atoms with Crippen molar-refractivity contribution in [3.8, 4) is 0 Å². The Kier molecular flexibility index (Phi) is 6.34. The monoisotopic (exact) mass is 357 g/mol. The number of dihydropyridines is 1. The summed E-state index contributed by atoms with van der Waals surface area (Å²) in [5, 5.41) is 2.48. The molecule has 1 fully saturated rings. The highest BCUT2D eigenvalue weighted by Gasteiger charge is 2.38. The zero-order valence-corrected chi connectivity index (χ0v) is 13.3. The van der Waals surface area contributed by atoms with Gasteiger partial charge in [-0.05, 0) is 6.07 Å². The number of hydrogen-bond acceptors (Lipinski definition) is 6. The van der Waals surface area contributed by atoms with Crippen molar-refractivity contribution in [2.75, 3.05) is 37.7 Å². The van der Waals surface area contributed by atoms with Crippen LogP contribution in [0.15, 0.2) is 41.9 Å². The van der Waals surface area contributed by atoms with Gasteiger partial charge < -0.3 is 20.7 Å². The number of morpholine rings is 1. The number of carbonyl (C=O) groups is 1. The fourth-order valence-corrected chi connectivity index (χ4v) is 2.20. The summed E-state index contributed by atoms with van der Waals surface area (Å²) < 4.78 is 41.8. The lowest BCUT2D eigenvalue weighted by atomic mass is 10.0. The van der Waals surface area contributed by atoms with E-state index in [0.29, 0.717) is 0 Å². The maximum Gasteiger partial charge on any atom is 0.416 e. The Hall–Kier alpha value is -2.62. The van der Waals surface area contributed by atoms with Crippen LogP contribution in [0.3, 0.4) is 0 Å². The Balaban J connectivity index is 0.000000181. The SMILES string of the molecule is NC(=O)C1=CNCC=C1C(F)(F)F.c1cnc(N2CCOCC2)nc1. The maximum atomic E-state index is 12.2. The van der Waals surface area contributed by atoms with E-state index in [4.69, 9.17) is 10.5 Å². The minimum atomic E-state index is -4.52. The fourth-order valence-electron chi connectivity index (χ4n) is 2.20. The molecule has 2 aliphatic heterocycles. The molecule has 136 valence electrons. The van der Waals surface area contributed by atoms with Crippen LogP contribution >= 0.6 is 0 Å². The number of carbonyl (C=O) groups excluding carboxylic acids is 1. The predicted molar refractivity (Wildman–Crippen MR) is 84.5 cm³/mol. The van der Waals surface area contributed by atoms with Gasteiger partial charge in [0.05, 0.1) is 24.4 Å². The van der Waals surface area contributed by atoms with Crippen LogP contribution in [0.2, 0.25) is 0 Å². The van der Waals surface area contributed by atoms with Crippen LogP contribution in [0.1, 0.15) is 0 Å². The summed E-state index contributed by atoms with van der Waals surface area (Å²) in [6.07, 6.45) is 0.865. The Morgan fingerprint density at radius 2 is 1.88 bits per heavy atom. The predicted octanol–water partition coefficient (Wildman–Crippen LogP) is 0.761. The van der Waals surface area contributed by atoms with E-state index in [1.54, 1.807) is 12.4 Å². The highest BCUT2D eigenvalue weighted by atomic mass is 19.4. The first-order valence-corrected chi connectivity index (χ1v) is 7.50. The number of primary amides is 1. The average Bonchev–Trinajstić information content (AvgIpc) is 2.63. The lowest BCUT2D eigenvalue weighted by Crippen LogP contribution is -2.37. The van der Waals surface area contributed by atoms with Gasteiger partial charge >= 0.3 is 6.18 Å². The molecule has 7 nitrogen and oxygen atoms in total. The van der Waals surface area contributed by atoms with Crippen molar-refractivity contribution in [2.45, 2.75) is 6.18 Å². The molecule has 0 atom stereocenters. The first-order valence-electron chi connectivity index (χ1n) is 7.50. The summed E-state index contributed by atoms with van der Waals surface area (Å²) in [6, 6.07) is 1.82.